The quantitative estimate of drug-likeness (QED) is 0.210. The fraction of sp³-hybridized carbons (Fsp3) is 0.200. The zero-order valence-electron chi connectivity index (χ0n) is 22.2. The first-order chi connectivity index (χ1) is 19.4. The molecule has 0 heterocycles. The molecule has 0 atom stereocenters. The lowest BCUT2D eigenvalue weighted by atomic mass is 10.0. The predicted octanol–water partition coefficient (Wildman–Crippen LogP) is 4.75. The number of sulfone groups is 2. The number of benzene rings is 4. The lowest BCUT2D eigenvalue weighted by molar-refractivity contribution is -0.0461. The van der Waals surface area contributed by atoms with E-state index in [2.05, 4.69) is 0 Å². The van der Waals surface area contributed by atoms with Crippen LogP contribution >= 0.6 is 0 Å². The summed E-state index contributed by atoms with van der Waals surface area (Å²) in [4.78, 5) is 0.200. The first-order valence-corrected chi connectivity index (χ1v) is 15.7. The Labute approximate surface area is 239 Å². The molecular weight excluding hydrogens is 568 g/mol. The number of aromatic hydroxyl groups is 2. The summed E-state index contributed by atoms with van der Waals surface area (Å²) in [6, 6.07) is 22.1. The first kappa shape index (κ1) is 29.9. The van der Waals surface area contributed by atoms with E-state index in [0.29, 0.717) is 24.3 Å². The summed E-state index contributed by atoms with van der Waals surface area (Å²) in [5.41, 5.74) is -1.37. The van der Waals surface area contributed by atoms with Crippen molar-refractivity contribution in [3.63, 3.8) is 0 Å². The summed E-state index contributed by atoms with van der Waals surface area (Å²) >= 11 is 0. The summed E-state index contributed by atoms with van der Waals surface area (Å²) in [5, 5.41) is 30.0. The van der Waals surface area contributed by atoms with Crippen LogP contribution in [0.5, 0.6) is 23.0 Å². The molecule has 0 fully saturated rings. The van der Waals surface area contributed by atoms with E-state index < -0.39 is 25.3 Å². The minimum Gasteiger partial charge on any atom is -0.508 e. The van der Waals surface area contributed by atoms with E-state index in [1.807, 2.05) is 6.92 Å². The number of phenolic OH excluding ortho intramolecular Hbond substituents is 2. The maximum Gasteiger partial charge on any atom is 0.206 e. The van der Waals surface area contributed by atoms with Crippen molar-refractivity contribution < 1.29 is 41.6 Å². The van der Waals surface area contributed by atoms with Crippen molar-refractivity contribution >= 4 is 19.7 Å². The molecule has 0 aliphatic heterocycles. The van der Waals surface area contributed by atoms with Crippen LogP contribution in [0, 0.1) is 0 Å². The average Bonchev–Trinajstić information content (AvgIpc) is 2.96. The Morgan fingerprint density at radius 1 is 0.561 bits per heavy atom. The second-order valence-corrected chi connectivity index (χ2v) is 13.4. The van der Waals surface area contributed by atoms with E-state index in [1.165, 1.54) is 97.1 Å². The summed E-state index contributed by atoms with van der Waals surface area (Å²) in [5.74, 6) is 0.639. The van der Waals surface area contributed by atoms with Gasteiger partial charge >= 0.3 is 0 Å². The molecule has 41 heavy (non-hydrogen) atoms. The first-order valence-electron chi connectivity index (χ1n) is 12.7. The Morgan fingerprint density at radius 2 is 0.854 bits per heavy atom. The molecule has 0 aromatic heterocycles. The number of aliphatic hydroxyl groups is 1. The second kappa shape index (κ2) is 12.2. The van der Waals surface area contributed by atoms with Crippen molar-refractivity contribution in [2.45, 2.75) is 44.9 Å². The highest BCUT2D eigenvalue weighted by Crippen LogP contribution is 2.27. The van der Waals surface area contributed by atoms with Crippen molar-refractivity contribution in [1.82, 2.24) is 0 Å². The van der Waals surface area contributed by atoms with Gasteiger partial charge in [-0.3, -0.25) is 0 Å². The molecule has 9 nitrogen and oxygen atoms in total. The van der Waals surface area contributed by atoms with E-state index in [9.17, 15) is 32.2 Å². The molecule has 0 aliphatic carbocycles. The van der Waals surface area contributed by atoms with Crippen LogP contribution < -0.4 is 9.47 Å². The fourth-order valence-corrected chi connectivity index (χ4v) is 6.56. The van der Waals surface area contributed by atoms with E-state index in [0.717, 1.165) is 0 Å². The van der Waals surface area contributed by atoms with Crippen LogP contribution in [0.25, 0.3) is 0 Å². The predicted molar refractivity (Wildman–Crippen MR) is 151 cm³/mol. The molecular formula is C30H30O9S2. The molecule has 0 bridgehead atoms. The minimum atomic E-state index is -3.78. The van der Waals surface area contributed by atoms with Gasteiger partial charge in [0.05, 0.1) is 19.6 Å². The highest BCUT2D eigenvalue weighted by molar-refractivity contribution is 7.91. The van der Waals surface area contributed by atoms with Crippen molar-refractivity contribution in [2.75, 3.05) is 13.2 Å². The third kappa shape index (κ3) is 7.18. The van der Waals surface area contributed by atoms with Gasteiger partial charge in [-0.25, -0.2) is 16.8 Å². The SMILES string of the molecule is CCCC(O)(COc1ccc(S(=O)(=O)c2ccc(O)cc2)cc1)COc1ccc(S(=O)(=O)c2ccc(O)cc2)cc1. The molecule has 4 rings (SSSR count). The molecule has 11 heteroatoms. The smallest absolute Gasteiger partial charge is 0.206 e. The zero-order chi connectivity index (χ0) is 29.7. The van der Waals surface area contributed by atoms with Gasteiger partial charge in [0.1, 0.15) is 41.8 Å². The number of phenols is 2. The Hall–Kier alpha value is -4.06. The second-order valence-electron chi connectivity index (χ2n) is 9.49. The fourth-order valence-electron chi connectivity index (χ4n) is 4.04. The maximum absolute atomic E-state index is 12.8. The van der Waals surface area contributed by atoms with E-state index in [-0.39, 0.29) is 44.3 Å². The van der Waals surface area contributed by atoms with Crippen LogP contribution in [-0.2, 0) is 19.7 Å². The molecule has 0 radical (unpaired) electrons. The molecule has 0 aliphatic rings. The Morgan fingerprint density at radius 3 is 1.15 bits per heavy atom. The number of rotatable bonds is 12. The molecule has 0 unspecified atom stereocenters. The van der Waals surface area contributed by atoms with Crippen molar-refractivity contribution in [2.24, 2.45) is 0 Å². The molecule has 0 spiro atoms. The normalized spacial score (nSPS) is 12.1. The van der Waals surface area contributed by atoms with Crippen LogP contribution in [0.3, 0.4) is 0 Å². The number of hydrogen-bond acceptors (Lipinski definition) is 9. The van der Waals surface area contributed by atoms with Gasteiger partial charge in [-0.05, 0) is 103 Å². The largest absolute Gasteiger partial charge is 0.508 e. The summed E-state index contributed by atoms with van der Waals surface area (Å²) in [7, 11) is -7.55. The summed E-state index contributed by atoms with van der Waals surface area (Å²) in [6.07, 6.45) is 0.991. The molecule has 0 amide bonds. The summed E-state index contributed by atoms with van der Waals surface area (Å²) in [6.45, 7) is 1.65. The minimum absolute atomic E-state index is 0.0354. The van der Waals surface area contributed by atoms with Crippen LogP contribution in [0.1, 0.15) is 19.8 Å². The Kier molecular flexibility index (Phi) is 8.91. The van der Waals surface area contributed by atoms with Crippen LogP contribution in [0.15, 0.2) is 117 Å². The highest BCUT2D eigenvalue weighted by atomic mass is 32.2. The van der Waals surface area contributed by atoms with Gasteiger partial charge in [0.25, 0.3) is 0 Å². The average molecular weight is 599 g/mol. The number of hydrogen-bond donors (Lipinski definition) is 3. The topological polar surface area (TPSA) is 147 Å². The van der Waals surface area contributed by atoms with Gasteiger partial charge in [-0.1, -0.05) is 13.3 Å². The molecule has 4 aromatic carbocycles. The third-order valence-electron chi connectivity index (χ3n) is 6.29. The van der Waals surface area contributed by atoms with Crippen molar-refractivity contribution in [1.29, 1.82) is 0 Å². The van der Waals surface area contributed by atoms with Gasteiger partial charge in [-0.2, -0.15) is 0 Å². The number of ether oxygens (including phenoxy) is 2. The van der Waals surface area contributed by atoms with Gasteiger partial charge in [0.15, 0.2) is 0 Å². The van der Waals surface area contributed by atoms with E-state index in [1.54, 1.807) is 0 Å². The monoisotopic (exact) mass is 598 g/mol. The van der Waals surface area contributed by atoms with Gasteiger partial charge in [0, 0.05) is 0 Å². The maximum atomic E-state index is 12.8. The van der Waals surface area contributed by atoms with Crippen LogP contribution in [0.4, 0.5) is 0 Å². The molecule has 0 saturated heterocycles. The third-order valence-corrected chi connectivity index (χ3v) is 9.86. The van der Waals surface area contributed by atoms with Crippen LogP contribution in [0.2, 0.25) is 0 Å². The molecule has 0 saturated carbocycles. The lowest BCUT2D eigenvalue weighted by Gasteiger charge is -2.28. The van der Waals surface area contributed by atoms with Gasteiger partial charge < -0.3 is 24.8 Å². The zero-order valence-corrected chi connectivity index (χ0v) is 23.8. The van der Waals surface area contributed by atoms with Gasteiger partial charge in [-0.15, -0.1) is 0 Å². The lowest BCUT2D eigenvalue weighted by Crippen LogP contribution is -2.42. The highest BCUT2D eigenvalue weighted by Gasteiger charge is 2.29. The van der Waals surface area contributed by atoms with E-state index >= 15 is 0 Å². The standard InChI is InChI=1S/C30H30O9S2/c1-2-19-30(33,20-38-24-7-15-28(16-8-24)40(34,35)26-11-3-22(31)4-12-26)21-39-25-9-17-29(18-10-25)41(36,37)27-13-5-23(32)6-14-27/h3-18,31-33H,2,19-21H2,1H3. The van der Waals surface area contributed by atoms with Crippen LogP contribution in [-0.4, -0.2) is 51.0 Å². The van der Waals surface area contributed by atoms with E-state index in [4.69, 9.17) is 9.47 Å². The van der Waals surface area contributed by atoms with Crippen molar-refractivity contribution in [3.05, 3.63) is 97.1 Å². The molecule has 216 valence electrons. The van der Waals surface area contributed by atoms with Crippen molar-refractivity contribution in [3.8, 4) is 23.0 Å². The van der Waals surface area contributed by atoms with Gasteiger partial charge in [0.2, 0.25) is 19.7 Å². The molecule has 4 aromatic rings. The molecule has 3 N–H and O–H groups in total. The Bertz CT molecular complexity index is 1540. The Balaban J connectivity index is 1.38. The summed E-state index contributed by atoms with van der Waals surface area (Å²) < 4.78 is 62.8.